The predicted molar refractivity (Wildman–Crippen MR) is 73.7 cm³/mol. The summed E-state index contributed by atoms with van der Waals surface area (Å²) in [5, 5.41) is 4.92. The highest BCUT2D eigenvalue weighted by atomic mass is 16.1. The third-order valence-electron chi connectivity index (χ3n) is 3.06. The molecule has 94 valence electrons. The van der Waals surface area contributed by atoms with Crippen LogP contribution in [0, 0.1) is 6.92 Å². The normalized spacial score (nSPS) is 10.6. The first-order valence-corrected chi connectivity index (χ1v) is 6.36. The molecular weight excluding hydrogens is 224 g/mol. The van der Waals surface area contributed by atoms with E-state index in [-0.39, 0.29) is 5.91 Å². The first-order chi connectivity index (χ1) is 8.74. The molecule has 2 aromatic rings. The van der Waals surface area contributed by atoms with Crippen molar-refractivity contribution in [3.05, 3.63) is 41.7 Å². The summed E-state index contributed by atoms with van der Waals surface area (Å²) >= 11 is 0. The van der Waals surface area contributed by atoms with Crippen molar-refractivity contribution in [2.45, 2.75) is 26.7 Å². The number of fused-ring (bicyclic) bond motifs is 1. The van der Waals surface area contributed by atoms with Crippen LogP contribution in [-0.4, -0.2) is 17.4 Å². The van der Waals surface area contributed by atoms with Crippen molar-refractivity contribution in [2.75, 3.05) is 6.54 Å². The van der Waals surface area contributed by atoms with Crippen LogP contribution in [0.25, 0.3) is 10.8 Å². The van der Waals surface area contributed by atoms with Gasteiger partial charge in [-0.25, -0.2) is 0 Å². The lowest BCUT2D eigenvalue weighted by Crippen LogP contribution is -2.25. The predicted octanol–water partition coefficient (Wildman–Crippen LogP) is 3.07. The van der Waals surface area contributed by atoms with Crippen molar-refractivity contribution < 1.29 is 4.79 Å². The number of benzene rings is 1. The van der Waals surface area contributed by atoms with Gasteiger partial charge in [0, 0.05) is 18.1 Å². The van der Waals surface area contributed by atoms with E-state index in [0.29, 0.717) is 12.2 Å². The maximum Gasteiger partial charge on any atom is 0.270 e. The first kappa shape index (κ1) is 12.6. The van der Waals surface area contributed by atoms with Crippen LogP contribution < -0.4 is 5.32 Å². The molecule has 3 heteroatoms. The van der Waals surface area contributed by atoms with Crippen molar-refractivity contribution in [3.8, 4) is 0 Å². The lowest BCUT2D eigenvalue weighted by Gasteiger charge is -2.08. The fraction of sp³-hybridized carbons (Fsp3) is 0.333. The van der Waals surface area contributed by atoms with E-state index < -0.39 is 0 Å². The van der Waals surface area contributed by atoms with E-state index in [2.05, 4.69) is 17.2 Å². The number of unbranched alkanes of at least 4 members (excludes halogenated alkanes) is 1. The van der Waals surface area contributed by atoms with Crippen molar-refractivity contribution in [3.63, 3.8) is 0 Å². The first-order valence-electron chi connectivity index (χ1n) is 6.36. The average Bonchev–Trinajstić information content (AvgIpc) is 2.39. The molecule has 1 aromatic carbocycles. The van der Waals surface area contributed by atoms with E-state index in [1.54, 1.807) is 6.20 Å². The Hall–Kier alpha value is -1.90. The van der Waals surface area contributed by atoms with Gasteiger partial charge in [-0.1, -0.05) is 31.5 Å². The minimum Gasteiger partial charge on any atom is -0.351 e. The summed E-state index contributed by atoms with van der Waals surface area (Å²) in [6.45, 7) is 4.85. The molecule has 0 fully saturated rings. The fourth-order valence-corrected chi connectivity index (χ4v) is 2.01. The van der Waals surface area contributed by atoms with Crippen LogP contribution in [0.2, 0.25) is 0 Å². The zero-order valence-corrected chi connectivity index (χ0v) is 10.9. The second-order valence-electron chi connectivity index (χ2n) is 4.44. The maximum atomic E-state index is 12.1. The molecule has 1 heterocycles. The molecule has 18 heavy (non-hydrogen) atoms. The average molecular weight is 242 g/mol. The molecule has 0 bridgehead atoms. The summed E-state index contributed by atoms with van der Waals surface area (Å²) in [4.78, 5) is 16.3. The van der Waals surface area contributed by atoms with Gasteiger partial charge in [0.25, 0.3) is 5.91 Å². The molecule has 0 aliphatic rings. The van der Waals surface area contributed by atoms with Gasteiger partial charge in [0.05, 0.1) is 0 Å². The number of amides is 1. The molecule has 0 radical (unpaired) electrons. The van der Waals surface area contributed by atoms with Gasteiger partial charge in [-0.3, -0.25) is 9.78 Å². The summed E-state index contributed by atoms with van der Waals surface area (Å²) in [5.74, 6) is -0.0837. The zero-order valence-electron chi connectivity index (χ0n) is 10.9. The van der Waals surface area contributed by atoms with Crippen LogP contribution >= 0.6 is 0 Å². The Morgan fingerprint density at radius 3 is 2.89 bits per heavy atom. The lowest BCUT2D eigenvalue weighted by molar-refractivity contribution is 0.0950. The molecule has 1 amide bonds. The number of aromatic nitrogens is 1. The summed E-state index contributed by atoms with van der Waals surface area (Å²) in [6, 6.07) is 7.90. The van der Waals surface area contributed by atoms with E-state index in [1.807, 2.05) is 31.2 Å². The van der Waals surface area contributed by atoms with Gasteiger partial charge in [0.2, 0.25) is 0 Å². The molecule has 1 aromatic heterocycles. The van der Waals surface area contributed by atoms with Gasteiger partial charge >= 0.3 is 0 Å². The quantitative estimate of drug-likeness (QED) is 0.837. The van der Waals surface area contributed by atoms with Crippen molar-refractivity contribution in [2.24, 2.45) is 0 Å². The highest BCUT2D eigenvalue weighted by Gasteiger charge is 2.11. The minimum atomic E-state index is -0.0837. The highest BCUT2D eigenvalue weighted by molar-refractivity contribution is 6.05. The van der Waals surface area contributed by atoms with Gasteiger partial charge in [-0.2, -0.15) is 0 Å². The Kier molecular flexibility index (Phi) is 3.92. The topological polar surface area (TPSA) is 42.0 Å². The van der Waals surface area contributed by atoms with Crippen molar-refractivity contribution in [1.82, 2.24) is 10.3 Å². The van der Waals surface area contributed by atoms with E-state index in [4.69, 9.17) is 0 Å². The molecule has 3 nitrogen and oxygen atoms in total. The SMILES string of the molecule is CCCCNC(=O)c1nccc2c(C)cccc12. The van der Waals surface area contributed by atoms with Gasteiger partial charge in [-0.15, -0.1) is 0 Å². The number of hydrogen-bond acceptors (Lipinski definition) is 2. The summed E-state index contributed by atoms with van der Waals surface area (Å²) in [5.41, 5.74) is 1.69. The molecule has 1 N–H and O–H groups in total. The maximum absolute atomic E-state index is 12.1. The standard InChI is InChI=1S/C15H18N2O/c1-3-4-9-17-15(18)14-13-7-5-6-11(2)12(13)8-10-16-14/h5-8,10H,3-4,9H2,1-2H3,(H,17,18). The van der Waals surface area contributed by atoms with E-state index in [1.165, 1.54) is 0 Å². The van der Waals surface area contributed by atoms with Gasteiger partial charge < -0.3 is 5.32 Å². The smallest absolute Gasteiger partial charge is 0.270 e. The van der Waals surface area contributed by atoms with Gasteiger partial charge in [0.1, 0.15) is 5.69 Å². The number of nitrogens with one attached hydrogen (secondary N) is 1. The summed E-state index contributed by atoms with van der Waals surface area (Å²) in [7, 11) is 0. The van der Waals surface area contributed by atoms with E-state index >= 15 is 0 Å². The zero-order chi connectivity index (χ0) is 13.0. The largest absolute Gasteiger partial charge is 0.351 e. The molecule has 0 saturated heterocycles. The van der Waals surface area contributed by atoms with E-state index in [9.17, 15) is 4.79 Å². The monoisotopic (exact) mass is 242 g/mol. The van der Waals surface area contributed by atoms with E-state index in [0.717, 1.165) is 29.2 Å². The molecule has 2 rings (SSSR count). The Morgan fingerprint density at radius 2 is 2.11 bits per heavy atom. The molecular formula is C15H18N2O. The number of carbonyl (C=O) groups is 1. The number of nitrogens with zero attached hydrogens (tertiary/aromatic N) is 1. The third kappa shape index (κ3) is 2.50. The lowest BCUT2D eigenvalue weighted by atomic mass is 10.0. The summed E-state index contributed by atoms with van der Waals surface area (Å²) < 4.78 is 0. The van der Waals surface area contributed by atoms with Crippen LogP contribution in [0.3, 0.4) is 0 Å². The van der Waals surface area contributed by atoms with Gasteiger partial charge in [0.15, 0.2) is 0 Å². The van der Waals surface area contributed by atoms with Crippen molar-refractivity contribution >= 4 is 16.7 Å². The Labute approximate surface area is 107 Å². The fourth-order valence-electron chi connectivity index (χ4n) is 2.01. The Morgan fingerprint density at radius 1 is 1.28 bits per heavy atom. The Bertz CT molecular complexity index is 563. The molecule has 0 unspecified atom stereocenters. The van der Waals surface area contributed by atoms with Crippen molar-refractivity contribution in [1.29, 1.82) is 0 Å². The van der Waals surface area contributed by atoms with Crippen LogP contribution in [-0.2, 0) is 0 Å². The minimum absolute atomic E-state index is 0.0837. The second-order valence-corrected chi connectivity index (χ2v) is 4.44. The van der Waals surface area contributed by atoms with Gasteiger partial charge in [-0.05, 0) is 30.4 Å². The van der Waals surface area contributed by atoms with Crippen LogP contribution in [0.4, 0.5) is 0 Å². The number of aryl methyl sites for hydroxylation is 1. The molecule has 0 atom stereocenters. The molecule has 0 aliphatic carbocycles. The highest BCUT2D eigenvalue weighted by Crippen LogP contribution is 2.20. The summed E-state index contributed by atoms with van der Waals surface area (Å²) in [6.07, 6.45) is 3.77. The number of pyridine rings is 1. The number of hydrogen-bond donors (Lipinski definition) is 1. The third-order valence-corrected chi connectivity index (χ3v) is 3.06. The number of carbonyl (C=O) groups excluding carboxylic acids is 1. The Balaban J connectivity index is 2.33. The molecule has 0 aliphatic heterocycles. The van der Waals surface area contributed by atoms with Crippen LogP contribution in [0.15, 0.2) is 30.5 Å². The molecule has 0 spiro atoms. The van der Waals surface area contributed by atoms with Crippen LogP contribution in [0.5, 0.6) is 0 Å². The second kappa shape index (κ2) is 5.63. The molecule has 0 saturated carbocycles. The van der Waals surface area contributed by atoms with Crippen LogP contribution in [0.1, 0.15) is 35.8 Å². The number of rotatable bonds is 4.